The third-order valence-electron chi connectivity index (χ3n) is 2.35. The quantitative estimate of drug-likeness (QED) is 0.789. The summed E-state index contributed by atoms with van der Waals surface area (Å²) >= 11 is 3.39. The van der Waals surface area contributed by atoms with Crippen LogP contribution in [0.3, 0.4) is 0 Å². The Bertz CT molecular complexity index is 435. The van der Waals surface area contributed by atoms with Crippen LogP contribution in [0.25, 0.3) is 0 Å². The topological polar surface area (TPSA) is 64.3 Å². The second-order valence-electron chi connectivity index (χ2n) is 3.73. The highest BCUT2D eigenvalue weighted by Crippen LogP contribution is 2.29. The zero-order valence-corrected chi connectivity index (χ0v) is 11.9. The van der Waals surface area contributed by atoms with Gasteiger partial charge in [0.05, 0.1) is 4.47 Å². The SMILES string of the molecule is C=CCNC(=O)C(C)Oc1c(Br)cccc1CN. The molecule has 0 saturated heterocycles. The summed E-state index contributed by atoms with van der Waals surface area (Å²) in [6, 6.07) is 5.60. The number of hydrogen-bond acceptors (Lipinski definition) is 3. The van der Waals surface area contributed by atoms with Gasteiger partial charge < -0.3 is 15.8 Å². The van der Waals surface area contributed by atoms with Crippen molar-refractivity contribution >= 4 is 21.8 Å². The molecule has 0 fully saturated rings. The molecule has 3 N–H and O–H groups in total. The number of para-hydroxylation sites is 1. The van der Waals surface area contributed by atoms with Gasteiger partial charge in [-0.15, -0.1) is 6.58 Å². The van der Waals surface area contributed by atoms with E-state index in [1.54, 1.807) is 13.0 Å². The molecular weight excluding hydrogens is 296 g/mol. The van der Waals surface area contributed by atoms with Crippen molar-refractivity contribution < 1.29 is 9.53 Å². The standard InChI is InChI=1S/C13H17BrN2O2/c1-3-7-16-13(17)9(2)18-12-10(8-15)5-4-6-11(12)14/h3-6,9H,1,7-8,15H2,2H3,(H,16,17). The molecule has 0 heterocycles. The Hall–Kier alpha value is -1.33. The summed E-state index contributed by atoms with van der Waals surface area (Å²) < 4.78 is 6.44. The number of amides is 1. The number of nitrogens with one attached hydrogen (secondary N) is 1. The molecule has 0 radical (unpaired) electrons. The lowest BCUT2D eigenvalue weighted by molar-refractivity contribution is -0.127. The minimum absolute atomic E-state index is 0.186. The Balaban J connectivity index is 2.77. The summed E-state index contributed by atoms with van der Waals surface area (Å²) in [6.45, 7) is 6.01. The van der Waals surface area contributed by atoms with Crippen molar-refractivity contribution in [2.75, 3.05) is 6.54 Å². The molecule has 1 aromatic rings. The van der Waals surface area contributed by atoms with E-state index in [2.05, 4.69) is 27.8 Å². The first kappa shape index (κ1) is 14.7. The minimum atomic E-state index is -0.589. The van der Waals surface area contributed by atoms with Gasteiger partial charge in [0.15, 0.2) is 6.10 Å². The van der Waals surface area contributed by atoms with E-state index in [1.807, 2.05) is 18.2 Å². The van der Waals surface area contributed by atoms with Crippen molar-refractivity contribution in [2.45, 2.75) is 19.6 Å². The second-order valence-corrected chi connectivity index (χ2v) is 4.58. The summed E-state index contributed by atoms with van der Waals surface area (Å²) in [7, 11) is 0. The molecule has 1 unspecified atom stereocenters. The predicted molar refractivity (Wildman–Crippen MR) is 75.3 cm³/mol. The highest BCUT2D eigenvalue weighted by atomic mass is 79.9. The van der Waals surface area contributed by atoms with E-state index in [0.717, 1.165) is 10.0 Å². The van der Waals surface area contributed by atoms with Gasteiger partial charge in [0.2, 0.25) is 0 Å². The number of hydrogen-bond donors (Lipinski definition) is 2. The fraction of sp³-hybridized carbons (Fsp3) is 0.308. The first-order chi connectivity index (χ1) is 8.60. The molecule has 4 nitrogen and oxygen atoms in total. The van der Waals surface area contributed by atoms with E-state index in [4.69, 9.17) is 10.5 Å². The molecule has 1 amide bonds. The maximum Gasteiger partial charge on any atom is 0.261 e. The number of carbonyl (C=O) groups is 1. The monoisotopic (exact) mass is 312 g/mol. The van der Waals surface area contributed by atoms with Gasteiger partial charge in [-0.25, -0.2) is 0 Å². The molecule has 1 atom stereocenters. The molecule has 0 aliphatic heterocycles. The molecule has 0 saturated carbocycles. The van der Waals surface area contributed by atoms with Gasteiger partial charge in [-0.1, -0.05) is 18.2 Å². The van der Waals surface area contributed by atoms with E-state index in [-0.39, 0.29) is 5.91 Å². The van der Waals surface area contributed by atoms with Crippen LogP contribution in [0.4, 0.5) is 0 Å². The van der Waals surface area contributed by atoms with Crippen LogP contribution >= 0.6 is 15.9 Å². The van der Waals surface area contributed by atoms with Crippen molar-refractivity contribution in [1.82, 2.24) is 5.32 Å². The largest absolute Gasteiger partial charge is 0.479 e. The second kappa shape index (κ2) is 7.18. The molecular formula is C13H17BrN2O2. The van der Waals surface area contributed by atoms with E-state index >= 15 is 0 Å². The first-order valence-electron chi connectivity index (χ1n) is 5.62. The highest BCUT2D eigenvalue weighted by Gasteiger charge is 2.17. The van der Waals surface area contributed by atoms with Crippen LogP contribution in [0.1, 0.15) is 12.5 Å². The number of halogens is 1. The van der Waals surface area contributed by atoms with Gasteiger partial charge in [-0.2, -0.15) is 0 Å². The van der Waals surface area contributed by atoms with Gasteiger partial charge in [0, 0.05) is 18.7 Å². The van der Waals surface area contributed by atoms with Crippen LogP contribution in [0.15, 0.2) is 35.3 Å². The smallest absolute Gasteiger partial charge is 0.261 e. The van der Waals surface area contributed by atoms with Crippen molar-refractivity contribution in [3.05, 3.63) is 40.9 Å². The molecule has 0 bridgehead atoms. The molecule has 0 spiro atoms. The van der Waals surface area contributed by atoms with Crippen LogP contribution in [0.5, 0.6) is 5.75 Å². The lowest BCUT2D eigenvalue weighted by Crippen LogP contribution is -2.36. The first-order valence-corrected chi connectivity index (χ1v) is 6.42. The maximum atomic E-state index is 11.7. The van der Waals surface area contributed by atoms with E-state index in [0.29, 0.717) is 18.8 Å². The van der Waals surface area contributed by atoms with Crippen LogP contribution < -0.4 is 15.8 Å². The Morgan fingerprint density at radius 2 is 2.39 bits per heavy atom. The predicted octanol–water partition coefficient (Wildman–Crippen LogP) is 1.98. The van der Waals surface area contributed by atoms with Crippen molar-refractivity contribution in [3.63, 3.8) is 0 Å². The zero-order chi connectivity index (χ0) is 13.5. The normalized spacial score (nSPS) is 11.7. The number of carbonyl (C=O) groups excluding carboxylic acids is 1. The van der Waals surface area contributed by atoms with Gasteiger partial charge >= 0.3 is 0 Å². The summed E-state index contributed by atoms with van der Waals surface area (Å²) in [4.78, 5) is 11.7. The Morgan fingerprint density at radius 1 is 1.67 bits per heavy atom. The fourth-order valence-electron chi connectivity index (χ4n) is 1.39. The minimum Gasteiger partial charge on any atom is -0.479 e. The average Bonchev–Trinajstić information content (AvgIpc) is 2.38. The molecule has 0 aromatic heterocycles. The average molecular weight is 313 g/mol. The Kier molecular flexibility index (Phi) is 5.88. The highest BCUT2D eigenvalue weighted by molar-refractivity contribution is 9.10. The summed E-state index contributed by atoms with van der Waals surface area (Å²) in [5.74, 6) is 0.426. The number of rotatable bonds is 6. The molecule has 5 heteroatoms. The van der Waals surface area contributed by atoms with Crippen LogP contribution in [-0.4, -0.2) is 18.6 Å². The van der Waals surface area contributed by atoms with Crippen molar-refractivity contribution in [1.29, 1.82) is 0 Å². The molecule has 18 heavy (non-hydrogen) atoms. The van der Waals surface area contributed by atoms with Crippen LogP contribution in [0.2, 0.25) is 0 Å². The van der Waals surface area contributed by atoms with E-state index in [9.17, 15) is 4.79 Å². The van der Waals surface area contributed by atoms with Crippen LogP contribution in [-0.2, 0) is 11.3 Å². The molecule has 1 aromatic carbocycles. The summed E-state index contributed by atoms with van der Waals surface area (Å²) in [5, 5.41) is 2.68. The third-order valence-corrected chi connectivity index (χ3v) is 2.98. The van der Waals surface area contributed by atoms with Crippen LogP contribution in [0, 0.1) is 0 Å². The third kappa shape index (κ3) is 3.85. The molecule has 0 aliphatic carbocycles. The van der Waals surface area contributed by atoms with Crippen molar-refractivity contribution in [3.8, 4) is 5.75 Å². The molecule has 0 aliphatic rings. The lowest BCUT2D eigenvalue weighted by atomic mass is 10.2. The maximum absolute atomic E-state index is 11.7. The summed E-state index contributed by atoms with van der Waals surface area (Å²) in [5.41, 5.74) is 6.49. The number of benzene rings is 1. The molecule has 98 valence electrons. The van der Waals surface area contributed by atoms with Gasteiger partial charge in [-0.3, -0.25) is 4.79 Å². The van der Waals surface area contributed by atoms with E-state index < -0.39 is 6.10 Å². The Morgan fingerprint density at radius 3 is 3.00 bits per heavy atom. The number of ether oxygens (including phenoxy) is 1. The van der Waals surface area contributed by atoms with Gasteiger partial charge in [0.25, 0.3) is 5.91 Å². The summed E-state index contributed by atoms with van der Waals surface area (Å²) in [6.07, 6.45) is 1.03. The fourth-order valence-corrected chi connectivity index (χ4v) is 1.89. The Labute approximate surface area is 115 Å². The van der Waals surface area contributed by atoms with Gasteiger partial charge in [0.1, 0.15) is 5.75 Å². The number of nitrogens with two attached hydrogens (primary N) is 1. The lowest BCUT2D eigenvalue weighted by Gasteiger charge is -2.17. The van der Waals surface area contributed by atoms with E-state index in [1.165, 1.54) is 0 Å². The van der Waals surface area contributed by atoms with Crippen molar-refractivity contribution in [2.24, 2.45) is 5.73 Å². The molecule has 1 rings (SSSR count). The zero-order valence-electron chi connectivity index (χ0n) is 10.3. The van der Waals surface area contributed by atoms with Gasteiger partial charge in [-0.05, 0) is 28.9 Å².